The Morgan fingerprint density at radius 3 is 2.47 bits per heavy atom. The molecule has 1 saturated heterocycles. The Labute approximate surface area is 190 Å². The summed E-state index contributed by atoms with van der Waals surface area (Å²) >= 11 is 0. The zero-order valence-electron chi connectivity index (χ0n) is 19.6. The zero-order valence-corrected chi connectivity index (χ0v) is 19.6. The van der Waals surface area contributed by atoms with Gasteiger partial charge in [0.05, 0.1) is 6.54 Å². The van der Waals surface area contributed by atoms with E-state index in [1.807, 2.05) is 13.8 Å². The Morgan fingerprint density at radius 1 is 1.16 bits per heavy atom. The zero-order chi connectivity index (χ0) is 22.9. The maximum Gasteiger partial charge on any atom is 0.274 e. The molecule has 176 valence electrons. The van der Waals surface area contributed by atoms with Gasteiger partial charge >= 0.3 is 0 Å². The SMILES string of the molecule is CCCN1C(=O)c2cc(C(=O)N3CCN(CC)CC3)nn2C[C@]1(C)C(=O)NC1CCCC1. The van der Waals surface area contributed by atoms with Crippen LogP contribution in [0.2, 0.25) is 0 Å². The van der Waals surface area contributed by atoms with Crippen LogP contribution in [-0.2, 0) is 11.3 Å². The molecule has 4 rings (SSSR count). The van der Waals surface area contributed by atoms with Crippen molar-refractivity contribution in [1.29, 1.82) is 0 Å². The quantitative estimate of drug-likeness (QED) is 0.715. The van der Waals surface area contributed by atoms with Crippen LogP contribution in [0.4, 0.5) is 0 Å². The lowest BCUT2D eigenvalue weighted by atomic mass is 9.94. The molecule has 32 heavy (non-hydrogen) atoms. The molecule has 1 aliphatic carbocycles. The third-order valence-corrected chi connectivity index (χ3v) is 7.25. The predicted octanol–water partition coefficient (Wildman–Crippen LogP) is 1.34. The lowest BCUT2D eigenvalue weighted by molar-refractivity contribution is -0.133. The van der Waals surface area contributed by atoms with Gasteiger partial charge in [-0.15, -0.1) is 0 Å². The van der Waals surface area contributed by atoms with Crippen molar-refractivity contribution in [2.24, 2.45) is 0 Å². The number of piperazine rings is 1. The second-order valence-corrected chi connectivity index (χ2v) is 9.48. The first-order valence-electron chi connectivity index (χ1n) is 12.1. The Balaban J connectivity index is 1.56. The van der Waals surface area contributed by atoms with E-state index in [9.17, 15) is 14.4 Å². The average molecular weight is 445 g/mol. The second-order valence-electron chi connectivity index (χ2n) is 9.48. The van der Waals surface area contributed by atoms with Gasteiger partial charge in [-0.3, -0.25) is 19.1 Å². The number of hydrogen-bond donors (Lipinski definition) is 1. The molecule has 0 aromatic carbocycles. The molecule has 1 atom stereocenters. The van der Waals surface area contributed by atoms with Gasteiger partial charge in [-0.05, 0) is 32.7 Å². The van der Waals surface area contributed by atoms with Crippen LogP contribution in [0, 0.1) is 0 Å². The number of nitrogens with zero attached hydrogens (tertiary/aromatic N) is 5. The topological polar surface area (TPSA) is 90.8 Å². The molecule has 2 aliphatic heterocycles. The van der Waals surface area contributed by atoms with Gasteiger partial charge in [-0.1, -0.05) is 26.7 Å². The molecule has 0 bridgehead atoms. The van der Waals surface area contributed by atoms with E-state index in [0.29, 0.717) is 25.3 Å². The van der Waals surface area contributed by atoms with Gasteiger partial charge in [-0.25, -0.2) is 0 Å². The summed E-state index contributed by atoms with van der Waals surface area (Å²) < 4.78 is 1.57. The highest BCUT2D eigenvalue weighted by Gasteiger charge is 2.48. The highest BCUT2D eigenvalue weighted by Crippen LogP contribution is 2.29. The summed E-state index contributed by atoms with van der Waals surface area (Å²) in [6.07, 6.45) is 4.97. The third kappa shape index (κ3) is 4.14. The number of carbonyl (C=O) groups is 3. The molecule has 1 saturated carbocycles. The van der Waals surface area contributed by atoms with Gasteiger partial charge in [0.1, 0.15) is 11.2 Å². The number of amides is 3. The van der Waals surface area contributed by atoms with E-state index in [1.165, 1.54) is 0 Å². The molecule has 0 spiro atoms. The van der Waals surface area contributed by atoms with Crippen molar-refractivity contribution < 1.29 is 14.4 Å². The maximum atomic E-state index is 13.4. The van der Waals surface area contributed by atoms with Crippen LogP contribution in [0.3, 0.4) is 0 Å². The highest BCUT2D eigenvalue weighted by molar-refractivity contribution is 6.02. The number of aromatic nitrogens is 2. The molecule has 2 fully saturated rings. The van der Waals surface area contributed by atoms with Crippen LogP contribution in [-0.4, -0.2) is 93.1 Å². The molecular formula is C23H36N6O3. The molecule has 1 aromatic heterocycles. The van der Waals surface area contributed by atoms with Gasteiger partial charge in [0.25, 0.3) is 11.8 Å². The molecular weight excluding hydrogens is 408 g/mol. The van der Waals surface area contributed by atoms with E-state index < -0.39 is 5.54 Å². The normalized spacial score (nSPS) is 24.7. The summed E-state index contributed by atoms with van der Waals surface area (Å²) in [7, 11) is 0. The molecule has 3 aliphatic rings. The standard InChI is InChI=1S/C23H36N6O3/c1-4-10-28-21(31)19-15-18(20(30)27-13-11-26(5-2)12-14-27)25-29(19)16-23(28,3)22(32)24-17-8-6-7-9-17/h15,17H,4-14,16H2,1-3H3,(H,24,32)/t23-/m1/s1. The van der Waals surface area contributed by atoms with E-state index in [2.05, 4.69) is 22.2 Å². The number of fused-ring (bicyclic) bond motifs is 1. The van der Waals surface area contributed by atoms with Crippen LogP contribution in [0.15, 0.2) is 6.07 Å². The van der Waals surface area contributed by atoms with E-state index in [4.69, 9.17) is 0 Å². The average Bonchev–Trinajstić information content (AvgIpc) is 3.46. The largest absolute Gasteiger partial charge is 0.351 e. The smallest absolute Gasteiger partial charge is 0.274 e. The van der Waals surface area contributed by atoms with Crippen LogP contribution < -0.4 is 5.32 Å². The first kappa shape index (κ1) is 22.8. The summed E-state index contributed by atoms with van der Waals surface area (Å²) in [4.78, 5) is 45.6. The number of nitrogens with one attached hydrogen (secondary N) is 1. The predicted molar refractivity (Wildman–Crippen MR) is 120 cm³/mol. The molecule has 3 amide bonds. The fourth-order valence-corrected chi connectivity index (χ4v) is 5.16. The molecule has 0 unspecified atom stereocenters. The molecule has 1 aromatic rings. The van der Waals surface area contributed by atoms with E-state index in [1.54, 1.807) is 20.5 Å². The molecule has 0 radical (unpaired) electrons. The fraction of sp³-hybridized carbons (Fsp3) is 0.739. The summed E-state index contributed by atoms with van der Waals surface area (Å²) in [5, 5.41) is 7.67. The molecule has 3 heterocycles. The van der Waals surface area contributed by atoms with Gasteiger partial charge < -0.3 is 20.0 Å². The fourth-order valence-electron chi connectivity index (χ4n) is 5.16. The molecule has 1 N–H and O–H groups in total. The van der Waals surface area contributed by atoms with Crippen LogP contribution >= 0.6 is 0 Å². The van der Waals surface area contributed by atoms with Crippen molar-refractivity contribution in [2.45, 2.75) is 71.0 Å². The summed E-state index contributed by atoms with van der Waals surface area (Å²) in [6.45, 7) is 10.7. The van der Waals surface area contributed by atoms with Gasteiger partial charge in [0.2, 0.25) is 5.91 Å². The Kier molecular flexibility index (Phi) is 6.55. The van der Waals surface area contributed by atoms with Crippen molar-refractivity contribution in [3.8, 4) is 0 Å². The first-order chi connectivity index (χ1) is 15.4. The maximum absolute atomic E-state index is 13.4. The second kappa shape index (κ2) is 9.21. The monoisotopic (exact) mass is 444 g/mol. The summed E-state index contributed by atoms with van der Waals surface area (Å²) in [5.74, 6) is -0.505. The number of rotatable bonds is 6. The first-order valence-corrected chi connectivity index (χ1v) is 12.1. The van der Waals surface area contributed by atoms with E-state index in [-0.39, 0.29) is 36.0 Å². The van der Waals surface area contributed by atoms with Crippen LogP contribution in [0.25, 0.3) is 0 Å². The minimum atomic E-state index is -1.03. The van der Waals surface area contributed by atoms with Gasteiger partial charge in [-0.2, -0.15) is 5.10 Å². The van der Waals surface area contributed by atoms with Crippen molar-refractivity contribution in [1.82, 2.24) is 29.8 Å². The van der Waals surface area contributed by atoms with E-state index in [0.717, 1.165) is 51.7 Å². The lowest BCUT2D eigenvalue weighted by Crippen LogP contribution is -2.65. The van der Waals surface area contributed by atoms with Crippen molar-refractivity contribution in [2.75, 3.05) is 39.3 Å². The Bertz CT molecular complexity index is 869. The number of hydrogen-bond acceptors (Lipinski definition) is 5. The van der Waals surface area contributed by atoms with Crippen molar-refractivity contribution in [3.05, 3.63) is 17.5 Å². The van der Waals surface area contributed by atoms with Crippen molar-refractivity contribution >= 4 is 17.7 Å². The molecule has 9 heteroatoms. The van der Waals surface area contributed by atoms with Crippen molar-refractivity contribution in [3.63, 3.8) is 0 Å². The van der Waals surface area contributed by atoms with Crippen LogP contribution in [0.5, 0.6) is 0 Å². The number of likely N-dealkylation sites (N-methyl/N-ethyl adjacent to an activating group) is 1. The molecule has 9 nitrogen and oxygen atoms in total. The highest BCUT2D eigenvalue weighted by atomic mass is 16.2. The van der Waals surface area contributed by atoms with Gasteiger partial charge in [0, 0.05) is 44.8 Å². The Morgan fingerprint density at radius 2 is 1.84 bits per heavy atom. The number of carbonyl (C=O) groups excluding carboxylic acids is 3. The lowest BCUT2D eigenvalue weighted by Gasteiger charge is -2.43. The minimum absolute atomic E-state index is 0.129. The Hall–Kier alpha value is -2.42. The summed E-state index contributed by atoms with van der Waals surface area (Å²) in [5.41, 5.74) is -0.350. The van der Waals surface area contributed by atoms with Crippen LogP contribution in [0.1, 0.15) is 73.9 Å². The van der Waals surface area contributed by atoms with E-state index >= 15 is 0 Å². The third-order valence-electron chi connectivity index (χ3n) is 7.25. The van der Waals surface area contributed by atoms with Gasteiger partial charge in [0.15, 0.2) is 5.69 Å². The minimum Gasteiger partial charge on any atom is -0.351 e. The summed E-state index contributed by atoms with van der Waals surface area (Å²) in [6, 6.07) is 1.78.